The van der Waals surface area contributed by atoms with Crippen LogP contribution in [0, 0.1) is 12.8 Å². The lowest BCUT2D eigenvalue weighted by Gasteiger charge is -2.18. The molecule has 1 aromatic carbocycles. The fourth-order valence-electron chi connectivity index (χ4n) is 4.36. The van der Waals surface area contributed by atoms with Gasteiger partial charge < -0.3 is 10.6 Å². The summed E-state index contributed by atoms with van der Waals surface area (Å²) in [4.78, 5) is 22.0. The van der Waals surface area contributed by atoms with Gasteiger partial charge in [-0.1, -0.05) is 13.0 Å². The summed E-state index contributed by atoms with van der Waals surface area (Å²) in [5.74, 6) is 1.18. The van der Waals surface area contributed by atoms with Crippen molar-refractivity contribution in [1.82, 2.24) is 20.2 Å². The second-order valence-corrected chi connectivity index (χ2v) is 8.60. The smallest absolute Gasteiger partial charge is 0.276 e. The SMILES string of the molecule is CNc1cc2ncc(-c3cc(NC(=O)c4n[nH]c5c4CC(C)CC5)ccc3C)cc2cn1. The standard InChI is InChI=1S/C25H26N6O/c1-14-4-7-21-20(8-14)24(31-30-21)25(32)29-18-6-5-15(2)19(10-18)16-9-17-13-28-23(26-3)11-22(17)27-12-16/h5-6,9-14H,4,7-8H2,1-3H3,(H,26,28)(H,29,32)(H,30,31). The summed E-state index contributed by atoms with van der Waals surface area (Å²) in [6.07, 6.45) is 6.65. The topological polar surface area (TPSA) is 95.6 Å². The molecule has 7 heteroatoms. The lowest BCUT2D eigenvalue weighted by atomic mass is 9.87. The number of benzene rings is 1. The molecule has 5 rings (SSSR count). The number of carbonyl (C=O) groups is 1. The largest absolute Gasteiger partial charge is 0.373 e. The third-order valence-electron chi connectivity index (χ3n) is 6.24. The molecule has 4 aromatic rings. The lowest BCUT2D eigenvalue weighted by Crippen LogP contribution is -2.18. The van der Waals surface area contributed by atoms with E-state index in [9.17, 15) is 4.79 Å². The van der Waals surface area contributed by atoms with E-state index in [0.717, 1.165) is 69.6 Å². The molecule has 1 atom stereocenters. The van der Waals surface area contributed by atoms with Gasteiger partial charge in [-0.2, -0.15) is 5.10 Å². The van der Waals surface area contributed by atoms with Crippen molar-refractivity contribution in [1.29, 1.82) is 0 Å². The highest BCUT2D eigenvalue weighted by Crippen LogP contribution is 2.30. The van der Waals surface area contributed by atoms with Crippen LogP contribution in [0.2, 0.25) is 0 Å². The van der Waals surface area contributed by atoms with Crippen LogP contribution in [-0.4, -0.2) is 33.1 Å². The van der Waals surface area contributed by atoms with E-state index in [1.165, 1.54) is 0 Å². The molecular weight excluding hydrogens is 400 g/mol. The van der Waals surface area contributed by atoms with E-state index in [1.54, 1.807) is 0 Å². The average Bonchev–Trinajstić information content (AvgIpc) is 3.22. The maximum absolute atomic E-state index is 13.0. The first-order valence-corrected chi connectivity index (χ1v) is 10.9. The molecule has 32 heavy (non-hydrogen) atoms. The predicted octanol–water partition coefficient (Wildman–Crippen LogP) is 4.75. The summed E-state index contributed by atoms with van der Waals surface area (Å²) < 4.78 is 0. The molecule has 1 unspecified atom stereocenters. The van der Waals surface area contributed by atoms with Crippen LogP contribution in [-0.2, 0) is 12.8 Å². The minimum Gasteiger partial charge on any atom is -0.373 e. The van der Waals surface area contributed by atoms with Gasteiger partial charge in [0, 0.05) is 53.4 Å². The summed E-state index contributed by atoms with van der Waals surface area (Å²) in [5, 5.41) is 14.4. The summed E-state index contributed by atoms with van der Waals surface area (Å²) in [5.41, 5.74) is 7.38. The zero-order chi connectivity index (χ0) is 22.2. The van der Waals surface area contributed by atoms with Crippen molar-refractivity contribution in [2.45, 2.75) is 33.1 Å². The van der Waals surface area contributed by atoms with Crippen LogP contribution >= 0.6 is 0 Å². The summed E-state index contributed by atoms with van der Waals surface area (Å²) in [6, 6.07) is 9.93. The van der Waals surface area contributed by atoms with Gasteiger partial charge in [0.1, 0.15) is 5.82 Å². The molecule has 0 spiro atoms. The first kappa shape index (κ1) is 20.2. The van der Waals surface area contributed by atoms with E-state index in [2.05, 4.69) is 50.7 Å². The van der Waals surface area contributed by atoms with Crippen LogP contribution in [0.5, 0.6) is 0 Å². The summed E-state index contributed by atoms with van der Waals surface area (Å²) in [7, 11) is 1.84. The minimum atomic E-state index is -0.174. The van der Waals surface area contributed by atoms with Crippen LogP contribution in [0.25, 0.3) is 22.0 Å². The predicted molar refractivity (Wildman–Crippen MR) is 127 cm³/mol. The molecule has 3 N–H and O–H groups in total. The third-order valence-corrected chi connectivity index (χ3v) is 6.24. The molecule has 0 fully saturated rings. The summed E-state index contributed by atoms with van der Waals surface area (Å²) >= 11 is 0. The number of aromatic amines is 1. The molecule has 0 aliphatic heterocycles. The van der Waals surface area contributed by atoms with Crippen molar-refractivity contribution < 1.29 is 4.79 Å². The fourth-order valence-corrected chi connectivity index (χ4v) is 4.36. The highest BCUT2D eigenvalue weighted by atomic mass is 16.1. The molecular formula is C25H26N6O. The van der Waals surface area contributed by atoms with Crippen molar-refractivity contribution in [2.75, 3.05) is 17.7 Å². The quantitative estimate of drug-likeness (QED) is 0.438. The third kappa shape index (κ3) is 3.70. The Bertz CT molecular complexity index is 1330. The lowest BCUT2D eigenvalue weighted by molar-refractivity contribution is 0.102. The number of nitrogens with zero attached hydrogens (tertiary/aromatic N) is 3. The van der Waals surface area contributed by atoms with Crippen molar-refractivity contribution in [2.24, 2.45) is 5.92 Å². The highest BCUT2D eigenvalue weighted by Gasteiger charge is 2.25. The molecule has 1 aliphatic carbocycles. The Balaban J connectivity index is 1.44. The Hall–Kier alpha value is -3.74. The van der Waals surface area contributed by atoms with Gasteiger partial charge in [-0.15, -0.1) is 0 Å². The number of H-pyrrole nitrogens is 1. The molecule has 0 bridgehead atoms. The van der Waals surface area contributed by atoms with Crippen molar-refractivity contribution >= 4 is 28.3 Å². The number of amides is 1. The Kier molecular flexibility index (Phi) is 5.09. The number of rotatable bonds is 4. The Morgan fingerprint density at radius 1 is 1.16 bits per heavy atom. The Morgan fingerprint density at radius 3 is 2.88 bits per heavy atom. The van der Waals surface area contributed by atoms with Crippen molar-refractivity contribution in [3.05, 3.63) is 65.2 Å². The Morgan fingerprint density at radius 2 is 2.03 bits per heavy atom. The molecule has 1 amide bonds. The molecule has 162 valence electrons. The number of nitrogens with one attached hydrogen (secondary N) is 3. The number of pyridine rings is 2. The number of carbonyl (C=O) groups excluding carboxylic acids is 1. The normalized spacial score (nSPS) is 15.4. The second kappa shape index (κ2) is 8.07. The monoisotopic (exact) mass is 426 g/mol. The van der Waals surface area contributed by atoms with Gasteiger partial charge in [-0.25, -0.2) is 4.98 Å². The molecule has 0 saturated carbocycles. The van der Waals surface area contributed by atoms with Gasteiger partial charge in [-0.3, -0.25) is 14.9 Å². The number of hydrogen-bond donors (Lipinski definition) is 3. The van der Waals surface area contributed by atoms with Crippen LogP contribution in [0.15, 0.2) is 42.7 Å². The first-order valence-electron chi connectivity index (χ1n) is 10.9. The van der Waals surface area contributed by atoms with Crippen LogP contribution in [0.1, 0.15) is 40.7 Å². The van der Waals surface area contributed by atoms with Crippen LogP contribution in [0.4, 0.5) is 11.5 Å². The molecule has 1 aliphatic rings. The van der Waals surface area contributed by atoms with Crippen molar-refractivity contribution in [3.63, 3.8) is 0 Å². The van der Waals surface area contributed by atoms with Crippen LogP contribution < -0.4 is 10.6 Å². The fraction of sp³-hybridized carbons (Fsp3) is 0.280. The van der Waals surface area contributed by atoms with E-state index in [1.807, 2.05) is 43.7 Å². The van der Waals surface area contributed by atoms with Gasteiger partial charge in [0.25, 0.3) is 5.91 Å². The maximum Gasteiger partial charge on any atom is 0.276 e. The number of anilines is 2. The van der Waals surface area contributed by atoms with Gasteiger partial charge in [0.05, 0.1) is 5.52 Å². The van der Waals surface area contributed by atoms with Crippen molar-refractivity contribution in [3.8, 4) is 11.1 Å². The van der Waals surface area contributed by atoms with Crippen LogP contribution in [0.3, 0.4) is 0 Å². The van der Waals surface area contributed by atoms with E-state index in [0.29, 0.717) is 11.6 Å². The maximum atomic E-state index is 13.0. The minimum absolute atomic E-state index is 0.174. The molecule has 0 saturated heterocycles. The second-order valence-electron chi connectivity index (χ2n) is 8.60. The number of aryl methyl sites for hydroxylation is 2. The molecule has 7 nitrogen and oxygen atoms in total. The Labute approximate surface area is 186 Å². The number of hydrogen-bond acceptors (Lipinski definition) is 5. The number of aromatic nitrogens is 4. The average molecular weight is 427 g/mol. The number of fused-ring (bicyclic) bond motifs is 2. The molecule has 0 radical (unpaired) electrons. The van der Waals surface area contributed by atoms with Gasteiger partial charge in [0.2, 0.25) is 0 Å². The van der Waals surface area contributed by atoms with E-state index >= 15 is 0 Å². The van der Waals surface area contributed by atoms with E-state index in [4.69, 9.17) is 0 Å². The van der Waals surface area contributed by atoms with Gasteiger partial charge >= 0.3 is 0 Å². The van der Waals surface area contributed by atoms with Gasteiger partial charge in [0.15, 0.2) is 5.69 Å². The highest BCUT2D eigenvalue weighted by molar-refractivity contribution is 6.04. The van der Waals surface area contributed by atoms with E-state index in [-0.39, 0.29) is 5.91 Å². The molecule has 3 aromatic heterocycles. The summed E-state index contributed by atoms with van der Waals surface area (Å²) in [6.45, 7) is 4.27. The van der Waals surface area contributed by atoms with Gasteiger partial charge in [-0.05, 0) is 61.4 Å². The zero-order valence-corrected chi connectivity index (χ0v) is 18.5. The van der Waals surface area contributed by atoms with E-state index < -0.39 is 0 Å². The zero-order valence-electron chi connectivity index (χ0n) is 18.5. The molecule has 3 heterocycles. The first-order chi connectivity index (χ1) is 15.5.